The van der Waals surface area contributed by atoms with E-state index in [9.17, 15) is 4.79 Å². The zero-order chi connectivity index (χ0) is 15.8. The fourth-order valence-electron chi connectivity index (χ4n) is 2.09. The highest BCUT2D eigenvalue weighted by atomic mass is 35.5. The number of rotatable bonds is 6. The molecule has 0 spiro atoms. The van der Waals surface area contributed by atoms with Gasteiger partial charge in [-0.25, -0.2) is 5.43 Å². The molecule has 0 bridgehead atoms. The lowest BCUT2D eigenvalue weighted by molar-refractivity contribution is -0.120. The molecule has 4 heteroatoms. The summed E-state index contributed by atoms with van der Waals surface area (Å²) in [6.45, 7) is 2.09. The Morgan fingerprint density at radius 3 is 2.41 bits per heavy atom. The number of nitrogens with one attached hydrogen (secondary N) is 1. The summed E-state index contributed by atoms with van der Waals surface area (Å²) in [5.74, 6) is -0.133. The van der Waals surface area contributed by atoms with E-state index in [1.54, 1.807) is 12.1 Å². The Morgan fingerprint density at radius 2 is 1.77 bits per heavy atom. The molecule has 22 heavy (non-hydrogen) atoms. The minimum atomic E-state index is -0.133. The Labute approximate surface area is 136 Å². The normalized spacial score (nSPS) is 11.3. The van der Waals surface area contributed by atoms with Crippen molar-refractivity contribution in [3.05, 3.63) is 70.7 Å². The summed E-state index contributed by atoms with van der Waals surface area (Å²) in [4.78, 5) is 12.0. The number of carbonyl (C=O) groups excluding carboxylic acids is 1. The molecule has 2 rings (SSSR count). The van der Waals surface area contributed by atoms with E-state index in [4.69, 9.17) is 11.6 Å². The molecular formula is C18H19ClN2O. The topological polar surface area (TPSA) is 41.5 Å². The molecule has 0 aromatic heterocycles. The first-order valence-electron chi connectivity index (χ1n) is 7.34. The third-order valence-electron chi connectivity index (χ3n) is 3.19. The molecule has 0 saturated heterocycles. The Hall–Kier alpha value is -2.13. The van der Waals surface area contributed by atoms with E-state index >= 15 is 0 Å². The fraction of sp³-hybridized carbons (Fsp3) is 0.222. The van der Waals surface area contributed by atoms with Crippen LogP contribution >= 0.6 is 11.6 Å². The molecule has 0 saturated carbocycles. The van der Waals surface area contributed by atoms with Gasteiger partial charge in [-0.15, -0.1) is 0 Å². The van der Waals surface area contributed by atoms with E-state index in [2.05, 4.69) is 17.5 Å². The van der Waals surface area contributed by atoms with Gasteiger partial charge in [0.1, 0.15) is 0 Å². The lowest BCUT2D eigenvalue weighted by Crippen LogP contribution is -2.22. The van der Waals surface area contributed by atoms with Crippen LogP contribution in [0.1, 0.15) is 30.9 Å². The molecule has 0 heterocycles. The summed E-state index contributed by atoms with van der Waals surface area (Å²) in [5.41, 5.74) is 5.49. The smallest absolute Gasteiger partial charge is 0.244 e. The van der Waals surface area contributed by atoms with E-state index in [1.807, 2.05) is 42.5 Å². The fourth-order valence-corrected chi connectivity index (χ4v) is 2.22. The van der Waals surface area contributed by atoms with Crippen LogP contribution in [-0.4, -0.2) is 11.6 Å². The van der Waals surface area contributed by atoms with Crippen LogP contribution in [0.5, 0.6) is 0 Å². The highest BCUT2D eigenvalue weighted by Crippen LogP contribution is 2.10. The van der Waals surface area contributed by atoms with Gasteiger partial charge in [-0.3, -0.25) is 4.79 Å². The van der Waals surface area contributed by atoms with Gasteiger partial charge in [0.25, 0.3) is 0 Å². The molecule has 0 unspecified atom stereocenters. The molecule has 3 nitrogen and oxygen atoms in total. The van der Waals surface area contributed by atoms with Crippen LogP contribution in [0.4, 0.5) is 0 Å². The lowest BCUT2D eigenvalue weighted by atomic mass is 10.1. The second-order valence-corrected chi connectivity index (χ2v) is 5.45. The molecule has 0 atom stereocenters. The van der Waals surface area contributed by atoms with Crippen molar-refractivity contribution in [2.24, 2.45) is 5.10 Å². The Bertz CT molecular complexity index is 636. The van der Waals surface area contributed by atoms with Crippen molar-refractivity contribution in [2.45, 2.75) is 26.2 Å². The van der Waals surface area contributed by atoms with Gasteiger partial charge in [-0.2, -0.15) is 5.10 Å². The number of hydrogen-bond acceptors (Lipinski definition) is 2. The first-order valence-corrected chi connectivity index (χ1v) is 7.72. The molecule has 1 amide bonds. The predicted molar refractivity (Wildman–Crippen MR) is 91.2 cm³/mol. The second kappa shape index (κ2) is 8.35. The summed E-state index contributed by atoms with van der Waals surface area (Å²) in [5, 5.41) is 4.95. The Balaban J connectivity index is 2.01. The monoisotopic (exact) mass is 314 g/mol. The van der Waals surface area contributed by atoms with Crippen LogP contribution in [0.3, 0.4) is 0 Å². The summed E-state index contributed by atoms with van der Waals surface area (Å²) in [7, 11) is 0. The van der Waals surface area contributed by atoms with Crippen molar-refractivity contribution in [3.8, 4) is 0 Å². The van der Waals surface area contributed by atoms with E-state index in [-0.39, 0.29) is 12.3 Å². The minimum Gasteiger partial charge on any atom is -0.273 e. The SMILES string of the molecule is CCCC(=NNC(=O)Cc1ccc(Cl)cc1)c1ccccc1. The summed E-state index contributed by atoms with van der Waals surface area (Å²) < 4.78 is 0. The number of amides is 1. The van der Waals surface area contributed by atoms with E-state index in [0.29, 0.717) is 5.02 Å². The van der Waals surface area contributed by atoms with Crippen LogP contribution in [0.25, 0.3) is 0 Å². The number of hydrazone groups is 1. The second-order valence-electron chi connectivity index (χ2n) is 5.01. The molecule has 114 valence electrons. The van der Waals surface area contributed by atoms with Crippen molar-refractivity contribution >= 4 is 23.2 Å². The summed E-state index contributed by atoms with van der Waals surface area (Å²) in [6, 6.07) is 17.1. The zero-order valence-corrected chi connectivity index (χ0v) is 13.3. The van der Waals surface area contributed by atoms with Crippen molar-refractivity contribution in [1.29, 1.82) is 0 Å². The third kappa shape index (κ3) is 5.01. The number of carbonyl (C=O) groups is 1. The largest absolute Gasteiger partial charge is 0.273 e. The zero-order valence-electron chi connectivity index (χ0n) is 12.6. The lowest BCUT2D eigenvalue weighted by Gasteiger charge is -2.06. The van der Waals surface area contributed by atoms with E-state index in [0.717, 1.165) is 29.7 Å². The number of nitrogens with zero attached hydrogens (tertiary/aromatic N) is 1. The molecule has 0 radical (unpaired) electrons. The summed E-state index contributed by atoms with van der Waals surface area (Å²) in [6.07, 6.45) is 2.08. The average molecular weight is 315 g/mol. The molecule has 0 aliphatic heterocycles. The van der Waals surface area contributed by atoms with Gasteiger partial charge in [-0.05, 0) is 29.7 Å². The van der Waals surface area contributed by atoms with E-state index < -0.39 is 0 Å². The van der Waals surface area contributed by atoms with Crippen molar-refractivity contribution in [3.63, 3.8) is 0 Å². The highest BCUT2D eigenvalue weighted by Gasteiger charge is 2.05. The van der Waals surface area contributed by atoms with Crippen LogP contribution in [0, 0.1) is 0 Å². The average Bonchev–Trinajstić information content (AvgIpc) is 2.54. The highest BCUT2D eigenvalue weighted by molar-refractivity contribution is 6.30. The number of benzene rings is 2. The maximum Gasteiger partial charge on any atom is 0.244 e. The first-order chi connectivity index (χ1) is 10.7. The minimum absolute atomic E-state index is 0.133. The predicted octanol–water partition coefficient (Wildman–Crippen LogP) is 4.20. The molecule has 2 aromatic rings. The molecule has 1 N–H and O–H groups in total. The van der Waals surface area contributed by atoms with Crippen molar-refractivity contribution < 1.29 is 4.79 Å². The first kappa shape index (κ1) is 16.2. The van der Waals surface area contributed by atoms with Gasteiger partial charge in [0.05, 0.1) is 12.1 Å². The van der Waals surface area contributed by atoms with E-state index in [1.165, 1.54) is 0 Å². The quantitative estimate of drug-likeness (QED) is 0.630. The Morgan fingerprint density at radius 1 is 1.09 bits per heavy atom. The summed E-state index contributed by atoms with van der Waals surface area (Å²) >= 11 is 5.83. The number of halogens is 1. The van der Waals surface area contributed by atoms with Gasteiger partial charge < -0.3 is 0 Å². The van der Waals surface area contributed by atoms with Crippen LogP contribution in [0.2, 0.25) is 5.02 Å². The standard InChI is InChI=1S/C18H19ClN2O/c1-2-6-17(15-7-4-3-5-8-15)20-21-18(22)13-14-9-11-16(19)12-10-14/h3-5,7-12H,2,6,13H2,1H3,(H,21,22). The van der Waals surface area contributed by atoms with Gasteiger partial charge in [0.2, 0.25) is 5.91 Å². The van der Waals surface area contributed by atoms with Gasteiger partial charge in [-0.1, -0.05) is 67.4 Å². The van der Waals surface area contributed by atoms with Crippen molar-refractivity contribution in [2.75, 3.05) is 0 Å². The maximum atomic E-state index is 12.0. The maximum absolute atomic E-state index is 12.0. The van der Waals surface area contributed by atoms with Crippen LogP contribution < -0.4 is 5.43 Å². The molecule has 2 aromatic carbocycles. The molecular weight excluding hydrogens is 296 g/mol. The molecule has 0 fully saturated rings. The van der Waals surface area contributed by atoms with Gasteiger partial charge in [0, 0.05) is 5.02 Å². The number of hydrogen-bond donors (Lipinski definition) is 1. The van der Waals surface area contributed by atoms with Crippen molar-refractivity contribution in [1.82, 2.24) is 5.43 Å². The van der Waals surface area contributed by atoms with Crippen LogP contribution in [0.15, 0.2) is 59.7 Å². The van der Waals surface area contributed by atoms with Gasteiger partial charge >= 0.3 is 0 Å². The molecule has 0 aliphatic rings. The van der Waals surface area contributed by atoms with Crippen LogP contribution in [-0.2, 0) is 11.2 Å². The van der Waals surface area contributed by atoms with Gasteiger partial charge in [0.15, 0.2) is 0 Å². The molecule has 0 aliphatic carbocycles. The third-order valence-corrected chi connectivity index (χ3v) is 3.44. The Kier molecular flexibility index (Phi) is 6.16.